The fourth-order valence-electron chi connectivity index (χ4n) is 2.30. The molecule has 1 heterocycles. The van der Waals surface area contributed by atoms with Crippen molar-refractivity contribution in [3.05, 3.63) is 35.5 Å². The minimum atomic E-state index is -0.0210. The number of carbonyl (C=O) groups excluding carboxylic acids is 1. The number of carbonyl (C=O) groups is 1. The summed E-state index contributed by atoms with van der Waals surface area (Å²) in [5, 5.41) is 0. The second kappa shape index (κ2) is 5.39. The van der Waals surface area contributed by atoms with Crippen molar-refractivity contribution in [2.24, 2.45) is 10.9 Å². The zero-order valence-corrected chi connectivity index (χ0v) is 12.0. The molecule has 0 saturated heterocycles. The zero-order valence-electron chi connectivity index (χ0n) is 12.0. The van der Waals surface area contributed by atoms with E-state index in [1.807, 2.05) is 63.2 Å². The van der Waals surface area contributed by atoms with Crippen LogP contribution in [-0.2, 0) is 4.79 Å². The number of anilines is 1. The average molecular weight is 256 g/mol. The lowest BCUT2D eigenvalue weighted by Gasteiger charge is -2.11. The minimum absolute atomic E-state index is 0.0210. The summed E-state index contributed by atoms with van der Waals surface area (Å²) in [6.45, 7) is 3.96. The molecule has 0 saturated carbocycles. The van der Waals surface area contributed by atoms with Crippen LogP contribution in [0.25, 0.3) is 6.08 Å². The van der Waals surface area contributed by atoms with Gasteiger partial charge < -0.3 is 4.90 Å². The molecule has 3 nitrogen and oxygen atoms in total. The first-order valence-corrected chi connectivity index (χ1v) is 6.61. The van der Waals surface area contributed by atoms with Gasteiger partial charge in [-0.1, -0.05) is 19.1 Å². The van der Waals surface area contributed by atoms with E-state index in [4.69, 9.17) is 0 Å². The number of hydrogen-bond donors (Lipinski definition) is 0. The SMILES string of the molecule is CC[C@@H]1C(=O)/C(=C/c2ccc(N(C)C)cc2)N=C1C. The summed E-state index contributed by atoms with van der Waals surface area (Å²) in [7, 11) is 4.01. The number of allylic oxidation sites excluding steroid dienone is 1. The lowest BCUT2D eigenvalue weighted by atomic mass is 9.97. The number of hydrogen-bond acceptors (Lipinski definition) is 3. The normalized spacial score (nSPS) is 20.8. The number of Topliss-reactive ketones (excluding diaryl/α,β-unsaturated/α-hetero) is 1. The predicted octanol–water partition coefficient (Wildman–Crippen LogP) is 3.16. The summed E-state index contributed by atoms with van der Waals surface area (Å²) in [5.41, 5.74) is 3.68. The van der Waals surface area contributed by atoms with E-state index < -0.39 is 0 Å². The second-order valence-corrected chi connectivity index (χ2v) is 5.09. The van der Waals surface area contributed by atoms with Crippen LogP contribution in [0.4, 0.5) is 5.69 Å². The van der Waals surface area contributed by atoms with Crippen molar-refractivity contribution in [1.29, 1.82) is 0 Å². The van der Waals surface area contributed by atoms with E-state index in [0.29, 0.717) is 5.70 Å². The van der Waals surface area contributed by atoms with Gasteiger partial charge in [-0.05, 0) is 37.1 Å². The summed E-state index contributed by atoms with van der Waals surface area (Å²) in [4.78, 5) is 18.6. The van der Waals surface area contributed by atoms with Crippen molar-refractivity contribution in [1.82, 2.24) is 0 Å². The van der Waals surface area contributed by atoms with Crippen LogP contribution in [0.5, 0.6) is 0 Å². The molecule has 0 unspecified atom stereocenters. The molecule has 0 radical (unpaired) electrons. The Hall–Kier alpha value is -1.90. The molecule has 0 fully saturated rings. The first-order chi connectivity index (χ1) is 9.02. The molecule has 0 aromatic heterocycles. The maximum Gasteiger partial charge on any atom is 0.189 e. The molecule has 0 aliphatic carbocycles. The van der Waals surface area contributed by atoms with Crippen molar-refractivity contribution in [3.8, 4) is 0 Å². The Morgan fingerprint density at radius 3 is 2.37 bits per heavy atom. The summed E-state index contributed by atoms with van der Waals surface area (Å²) in [5.74, 6) is 0.129. The van der Waals surface area contributed by atoms with Gasteiger partial charge in [0.25, 0.3) is 0 Å². The van der Waals surface area contributed by atoms with Crippen LogP contribution < -0.4 is 4.90 Å². The molecule has 0 bridgehead atoms. The van der Waals surface area contributed by atoms with E-state index in [1.165, 1.54) is 0 Å². The highest BCUT2D eigenvalue weighted by Crippen LogP contribution is 2.24. The second-order valence-electron chi connectivity index (χ2n) is 5.09. The van der Waals surface area contributed by atoms with E-state index >= 15 is 0 Å². The van der Waals surface area contributed by atoms with Crippen LogP contribution in [0.2, 0.25) is 0 Å². The molecule has 1 aliphatic rings. The van der Waals surface area contributed by atoms with Crippen LogP contribution >= 0.6 is 0 Å². The van der Waals surface area contributed by atoms with Crippen LogP contribution in [0, 0.1) is 5.92 Å². The Morgan fingerprint density at radius 1 is 1.26 bits per heavy atom. The monoisotopic (exact) mass is 256 g/mol. The molecule has 1 atom stereocenters. The van der Waals surface area contributed by atoms with E-state index in [9.17, 15) is 4.79 Å². The fourth-order valence-corrected chi connectivity index (χ4v) is 2.30. The van der Waals surface area contributed by atoms with Gasteiger partial charge in [0.05, 0.1) is 5.92 Å². The smallest absolute Gasteiger partial charge is 0.189 e. The van der Waals surface area contributed by atoms with Crippen molar-refractivity contribution >= 4 is 23.3 Å². The summed E-state index contributed by atoms with van der Waals surface area (Å²) >= 11 is 0. The van der Waals surface area contributed by atoms with E-state index in [2.05, 4.69) is 4.99 Å². The largest absolute Gasteiger partial charge is 0.378 e. The van der Waals surface area contributed by atoms with Crippen LogP contribution in [0.3, 0.4) is 0 Å². The zero-order chi connectivity index (χ0) is 14.0. The van der Waals surface area contributed by atoms with Crippen molar-refractivity contribution in [3.63, 3.8) is 0 Å². The lowest BCUT2D eigenvalue weighted by Crippen LogP contribution is -2.14. The van der Waals surface area contributed by atoms with Gasteiger partial charge in [0, 0.05) is 25.5 Å². The molecule has 0 spiro atoms. The Balaban J connectivity index is 2.25. The highest BCUT2D eigenvalue weighted by atomic mass is 16.1. The lowest BCUT2D eigenvalue weighted by molar-refractivity contribution is -0.116. The van der Waals surface area contributed by atoms with Gasteiger partial charge in [-0.3, -0.25) is 9.79 Å². The Kier molecular flexibility index (Phi) is 3.84. The quantitative estimate of drug-likeness (QED) is 0.778. The van der Waals surface area contributed by atoms with Crippen molar-refractivity contribution in [2.75, 3.05) is 19.0 Å². The number of aliphatic imine (C=N–C) groups is 1. The molecule has 1 aromatic carbocycles. The number of nitrogens with zero attached hydrogens (tertiary/aromatic N) is 2. The van der Waals surface area contributed by atoms with Gasteiger partial charge in [0.1, 0.15) is 5.70 Å². The Morgan fingerprint density at radius 2 is 1.89 bits per heavy atom. The van der Waals surface area contributed by atoms with Crippen LogP contribution in [0.1, 0.15) is 25.8 Å². The van der Waals surface area contributed by atoms with E-state index in [-0.39, 0.29) is 11.7 Å². The summed E-state index contributed by atoms with van der Waals surface area (Å²) in [6.07, 6.45) is 2.70. The Bertz CT molecular complexity index is 538. The van der Waals surface area contributed by atoms with Crippen LogP contribution in [0.15, 0.2) is 35.0 Å². The molecular weight excluding hydrogens is 236 g/mol. The fraction of sp³-hybridized carbons (Fsp3) is 0.375. The first kappa shape index (κ1) is 13.5. The number of benzene rings is 1. The molecule has 19 heavy (non-hydrogen) atoms. The third-order valence-corrected chi connectivity index (χ3v) is 3.49. The van der Waals surface area contributed by atoms with Crippen molar-refractivity contribution in [2.45, 2.75) is 20.3 Å². The average Bonchev–Trinajstić information content (AvgIpc) is 2.64. The Labute approximate surface area is 114 Å². The molecule has 1 aliphatic heterocycles. The maximum absolute atomic E-state index is 12.1. The maximum atomic E-state index is 12.1. The topological polar surface area (TPSA) is 32.7 Å². The standard InChI is InChI=1S/C16H20N2O/c1-5-14-11(2)17-15(16(14)19)10-12-6-8-13(9-7-12)18(3)4/h6-10,14H,5H2,1-4H3/b15-10-/t14-/m0/s1. The van der Waals surface area contributed by atoms with Crippen LogP contribution in [-0.4, -0.2) is 25.6 Å². The third kappa shape index (κ3) is 2.75. The highest BCUT2D eigenvalue weighted by molar-refractivity contribution is 6.19. The third-order valence-electron chi connectivity index (χ3n) is 3.49. The molecule has 0 N–H and O–H groups in total. The van der Waals surface area contributed by atoms with E-state index in [0.717, 1.165) is 23.4 Å². The molecular formula is C16H20N2O. The van der Waals surface area contributed by atoms with Gasteiger partial charge in [0.2, 0.25) is 0 Å². The van der Waals surface area contributed by atoms with Gasteiger partial charge in [-0.25, -0.2) is 0 Å². The molecule has 0 amide bonds. The molecule has 100 valence electrons. The van der Waals surface area contributed by atoms with Gasteiger partial charge in [-0.2, -0.15) is 0 Å². The predicted molar refractivity (Wildman–Crippen MR) is 80.6 cm³/mol. The minimum Gasteiger partial charge on any atom is -0.378 e. The van der Waals surface area contributed by atoms with Gasteiger partial charge in [-0.15, -0.1) is 0 Å². The summed E-state index contributed by atoms with van der Waals surface area (Å²) < 4.78 is 0. The van der Waals surface area contributed by atoms with E-state index in [1.54, 1.807) is 0 Å². The number of rotatable bonds is 3. The molecule has 3 heteroatoms. The van der Waals surface area contributed by atoms with Gasteiger partial charge in [0.15, 0.2) is 5.78 Å². The molecule has 2 rings (SSSR count). The van der Waals surface area contributed by atoms with Crippen molar-refractivity contribution < 1.29 is 4.79 Å². The summed E-state index contributed by atoms with van der Waals surface area (Å²) in [6, 6.07) is 8.11. The number of ketones is 1. The van der Waals surface area contributed by atoms with Gasteiger partial charge >= 0.3 is 0 Å². The highest BCUT2D eigenvalue weighted by Gasteiger charge is 2.28. The molecule has 1 aromatic rings. The first-order valence-electron chi connectivity index (χ1n) is 6.61.